The second-order valence-corrected chi connectivity index (χ2v) is 9.37. The Kier molecular flexibility index (Phi) is 6.62. The second-order valence-electron chi connectivity index (χ2n) is 7.26. The molecule has 0 saturated carbocycles. The Balaban J connectivity index is 1.58. The topological polar surface area (TPSA) is 80.5 Å². The molecule has 1 aliphatic heterocycles. The van der Waals surface area contributed by atoms with Gasteiger partial charge >= 0.3 is 0 Å². The summed E-state index contributed by atoms with van der Waals surface area (Å²) in [5.41, 5.74) is 1.65. The van der Waals surface area contributed by atoms with Gasteiger partial charge in [-0.15, -0.1) is 0 Å². The fourth-order valence-electron chi connectivity index (χ4n) is 3.17. The molecule has 166 valence electrons. The molecule has 6 nitrogen and oxygen atoms in total. The molecular formula is C24H17FN2O4S2. The Morgan fingerprint density at radius 2 is 1.82 bits per heavy atom. The number of carbonyl (C=O) groups is 2. The number of thioether (sulfide) groups is 1. The molecule has 0 unspecified atom stereocenters. The predicted molar refractivity (Wildman–Crippen MR) is 126 cm³/mol. The molecule has 33 heavy (non-hydrogen) atoms. The van der Waals surface area contributed by atoms with E-state index in [1.165, 1.54) is 42.1 Å². The first kappa shape index (κ1) is 22.8. The van der Waals surface area contributed by atoms with Crippen molar-refractivity contribution in [1.82, 2.24) is 4.90 Å². The van der Waals surface area contributed by atoms with E-state index >= 15 is 0 Å². The number of hydrogen-bond acceptors (Lipinski definition) is 6. The monoisotopic (exact) mass is 480 g/mol. The summed E-state index contributed by atoms with van der Waals surface area (Å²) < 4.78 is 13.9. The Morgan fingerprint density at radius 3 is 2.52 bits per heavy atom. The zero-order valence-corrected chi connectivity index (χ0v) is 19.0. The van der Waals surface area contributed by atoms with Gasteiger partial charge in [0.05, 0.1) is 21.3 Å². The van der Waals surface area contributed by atoms with Gasteiger partial charge in [-0.25, -0.2) is 4.39 Å². The summed E-state index contributed by atoms with van der Waals surface area (Å²) in [5.74, 6) is -1.06. The van der Waals surface area contributed by atoms with Crippen LogP contribution in [0.15, 0.2) is 81.4 Å². The van der Waals surface area contributed by atoms with Crippen molar-refractivity contribution in [1.29, 1.82) is 0 Å². The number of imide groups is 1. The lowest BCUT2D eigenvalue weighted by Crippen LogP contribution is -2.27. The maximum Gasteiger partial charge on any atom is 0.293 e. The summed E-state index contributed by atoms with van der Waals surface area (Å²) in [6.45, 7) is 1.78. The van der Waals surface area contributed by atoms with Gasteiger partial charge in [-0.2, -0.15) is 0 Å². The van der Waals surface area contributed by atoms with Gasteiger partial charge in [0.2, 0.25) is 0 Å². The quantitative estimate of drug-likeness (QED) is 0.230. The lowest BCUT2D eigenvalue weighted by molar-refractivity contribution is -0.387. The third-order valence-corrected chi connectivity index (χ3v) is 6.87. The molecule has 0 aromatic heterocycles. The van der Waals surface area contributed by atoms with Gasteiger partial charge in [-0.3, -0.25) is 24.6 Å². The number of nitro benzene ring substituents is 1. The van der Waals surface area contributed by atoms with Crippen LogP contribution in [0.1, 0.15) is 16.7 Å². The maximum atomic E-state index is 13.9. The third kappa shape index (κ3) is 5.15. The van der Waals surface area contributed by atoms with Gasteiger partial charge in [-0.1, -0.05) is 53.7 Å². The van der Waals surface area contributed by atoms with Gasteiger partial charge in [0.25, 0.3) is 16.8 Å². The number of carbonyl (C=O) groups excluding carboxylic acids is 2. The summed E-state index contributed by atoms with van der Waals surface area (Å²) >= 11 is 2.00. The van der Waals surface area contributed by atoms with Crippen molar-refractivity contribution in [3.63, 3.8) is 0 Å². The minimum atomic E-state index is -0.561. The number of hydrogen-bond donors (Lipinski definition) is 0. The molecule has 3 aromatic rings. The number of amides is 2. The first-order valence-corrected chi connectivity index (χ1v) is 11.5. The first-order valence-electron chi connectivity index (χ1n) is 9.83. The van der Waals surface area contributed by atoms with E-state index in [0.717, 1.165) is 27.1 Å². The Hall–Kier alpha value is -3.43. The molecule has 2 amide bonds. The Morgan fingerprint density at radius 1 is 1.09 bits per heavy atom. The van der Waals surface area contributed by atoms with Crippen LogP contribution in [0, 0.1) is 22.9 Å². The minimum Gasteiger partial charge on any atom is -0.268 e. The molecule has 0 aliphatic carbocycles. The van der Waals surface area contributed by atoms with E-state index in [9.17, 15) is 24.1 Å². The molecule has 0 atom stereocenters. The van der Waals surface area contributed by atoms with Crippen LogP contribution in [0.5, 0.6) is 0 Å². The van der Waals surface area contributed by atoms with Crippen molar-refractivity contribution in [3.8, 4) is 0 Å². The van der Waals surface area contributed by atoms with Crippen LogP contribution in [0.3, 0.4) is 0 Å². The zero-order valence-electron chi connectivity index (χ0n) is 17.4. The fraction of sp³-hybridized carbons (Fsp3) is 0.0833. The molecule has 9 heteroatoms. The molecule has 1 aliphatic rings. The smallest absolute Gasteiger partial charge is 0.268 e. The summed E-state index contributed by atoms with van der Waals surface area (Å²) in [4.78, 5) is 38.7. The van der Waals surface area contributed by atoms with Crippen LogP contribution in [0.4, 0.5) is 14.9 Å². The highest BCUT2D eigenvalue weighted by atomic mass is 32.2. The number of nitro groups is 1. The van der Waals surface area contributed by atoms with Crippen molar-refractivity contribution in [2.75, 3.05) is 0 Å². The SMILES string of the molecule is Cc1ccc(Sc2ccc(C=C3SC(=O)N(Cc4ccccc4F)C3=O)cc2[N+](=O)[O-])cc1. The second kappa shape index (κ2) is 9.60. The van der Waals surface area contributed by atoms with Gasteiger partial charge in [0.15, 0.2) is 0 Å². The molecule has 1 fully saturated rings. The third-order valence-electron chi connectivity index (χ3n) is 4.89. The van der Waals surface area contributed by atoms with E-state index in [-0.39, 0.29) is 22.7 Å². The molecule has 3 aromatic carbocycles. The Bertz CT molecular complexity index is 1290. The average Bonchev–Trinajstić information content (AvgIpc) is 3.05. The van der Waals surface area contributed by atoms with E-state index in [1.54, 1.807) is 18.2 Å². The number of benzene rings is 3. The minimum absolute atomic E-state index is 0.0973. The molecule has 0 N–H and O–H groups in total. The fourth-order valence-corrected chi connectivity index (χ4v) is 4.91. The number of aryl methyl sites for hydroxylation is 1. The Labute approximate surface area is 197 Å². The van der Waals surface area contributed by atoms with Crippen LogP contribution in [0.2, 0.25) is 0 Å². The molecule has 1 heterocycles. The van der Waals surface area contributed by atoms with Gasteiger partial charge in [0.1, 0.15) is 5.82 Å². The van der Waals surface area contributed by atoms with Crippen molar-refractivity contribution in [2.45, 2.75) is 23.3 Å². The van der Waals surface area contributed by atoms with Crippen LogP contribution >= 0.6 is 23.5 Å². The first-order chi connectivity index (χ1) is 15.8. The van der Waals surface area contributed by atoms with Gasteiger partial charge in [-0.05, 0) is 54.6 Å². The largest absolute Gasteiger partial charge is 0.293 e. The van der Waals surface area contributed by atoms with E-state index < -0.39 is 21.9 Å². The van der Waals surface area contributed by atoms with Crippen molar-refractivity contribution >= 4 is 46.4 Å². The number of rotatable bonds is 6. The molecule has 0 radical (unpaired) electrons. The summed E-state index contributed by atoms with van der Waals surface area (Å²) in [6.07, 6.45) is 1.44. The summed E-state index contributed by atoms with van der Waals surface area (Å²) in [6, 6.07) is 18.2. The van der Waals surface area contributed by atoms with Crippen LogP contribution in [0.25, 0.3) is 6.08 Å². The van der Waals surface area contributed by atoms with Crippen molar-refractivity contribution in [3.05, 3.63) is 104 Å². The zero-order chi connectivity index (χ0) is 23.5. The molecule has 1 saturated heterocycles. The number of halogens is 1. The van der Waals surface area contributed by atoms with Gasteiger partial charge in [0, 0.05) is 16.5 Å². The summed E-state index contributed by atoms with van der Waals surface area (Å²) in [7, 11) is 0. The average molecular weight is 481 g/mol. The van der Waals surface area contributed by atoms with E-state index in [0.29, 0.717) is 10.5 Å². The predicted octanol–water partition coefficient (Wildman–Crippen LogP) is 6.43. The highest BCUT2D eigenvalue weighted by molar-refractivity contribution is 8.18. The van der Waals surface area contributed by atoms with Crippen LogP contribution < -0.4 is 0 Å². The lowest BCUT2D eigenvalue weighted by atomic mass is 10.1. The van der Waals surface area contributed by atoms with Crippen molar-refractivity contribution in [2.24, 2.45) is 0 Å². The summed E-state index contributed by atoms with van der Waals surface area (Å²) in [5, 5.41) is 11.1. The van der Waals surface area contributed by atoms with E-state index in [2.05, 4.69) is 0 Å². The van der Waals surface area contributed by atoms with Crippen LogP contribution in [-0.2, 0) is 11.3 Å². The molecule has 0 bridgehead atoms. The molecule has 4 rings (SSSR count). The highest BCUT2D eigenvalue weighted by Crippen LogP contribution is 2.38. The molecular weight excluding hydrogens is 463 g/mol. The van der Waals surface area contributed by atoms with Crippen LogP contribution in [-0.4, -0.2) is 21.0 Å². The lowest BCUT2D eigenvalue weighted by Gasteiger charge is -2.12. The highest BCUT2D eigenvalue weighted by Gasteiger charge is 2.35. The van der Waals surface area contributed by atoms with E-state index in [4.69, 9.17) is 0 Å². The van der Waals surface area contributed by atoms with Crippen molar-refractivity contribution < 1.29 is 18.9 Å². The maximum absolute atomic E-state index is 13.9. The van der Waals surface area contributed by atoms with E-state index in [1.807, 2.05) is 31.2 Å². The molecule has 0 spiro atoms. The van der Waals surface area contributed by atoms with Gasteiger partial charge < -0.3 is 0 Å². The standard InChI is InChI=1S/C24H17FN2O4S2/c1-15-6-9-18(10-7-15)32-21-11-8-16(12-20(21)27(30)31)13-22-23(28)26(24(29)33-22)14-17-4-2-3-5-19(17)25/h2-13H,14H2,1H3. The normalized spacial score (nSPS) is 14.8. The number of nitrogens with zero attached hydrogens (tertiary/aromatic N) is 2.